The van der Waals surface area contributed by atoms with Crippen molar-refractivity contribution in [2.45, 2.75) is 127 Å². The topological polar surface area (TPSA) is 128 Å². The van der Waals surface area contributed by atoms with Crippen molar-refractivity contribution >= 4 is 21.8 Å². The molecular weight excluding hydrogens is 592 g/mol. The highest BCUT2D eigenvalue weighted by Crippen LogP contribution is 2.30. The lowest BCUT2D eigenvalue weighted by Gasteiger charge is -2.45. The van der Waals surface area contributed by atoms with E-state index in [1.54, 1.807) is 0 Å². The van der Waals surface area contributed by atoms with Crippen molar-refractivity contribution in [2.75, 3.05) is 31.9 Å². The van der Waals surface area contributed by atoms with Gasteiger partial charge in [-0.05, 0) is 57.9 Å². The van der Waals surface area contributed by atoms with Crippen molar-refractivity contribution in [1.82, 2.24) is 20.4 Å². The number of nitrogens with one attached hydrogen (secondary N) is 2. The number of carbonyl (C=O) groups is 2. The summed E-state index contributed by atoms with van der Waals surface area (Å²) >= 11 is 0. The van der Waals surface area contributed by atoms with Gasteiger partial charge >= 0.3 is 6.09 Å². The molecule has 0 bridgehead atoms. The van der Waals surface area contributed by atoms with E-state index in [9.17, 15) is 23.1 Å². The normalized spacial score (nSPS) is 26.6. The van der Waals surface area contributed by atoms with E-state index in [1.165, 1.54) is 25.7 Å². The van der Waals surface area contributed by atoms with Crippen molar-refractivity contribution in [1.29, 1.82) is 0 Å². The molecule has 5 atom stereocenters. The van der Waals surface area contributed by atoms with Crippen LogP contribution in [0, 0.1) is 5.92 Å². The lowest BCUT2D eigenvalue weighted by atomic mass is 9.98. The molecule has 0 unspecified atom stereocenters. The Hall–Kier alpha value is -2.21. The van der Waals surface area contributed by atoms with Gasteiger partial charge in [0.05, 0.1) is 17.9 Å². The average Bonchev–Trinajstić information content (AvgIpc) is 3.11. The number of alkyl carbamates (subject to hydrolysis) is 1. The third kappa shape index (κ3) is 10.1. The molecule has 10 nitrogen and oxygen atoms in total. The Balaban J connectivity index is 1.49. The van der Waals surface area contributed by atoms with Crippen LogP contribution in [-0.4, -0.2) is 108 Å². The number of β-amino-alcohol motifs (C(OH)–C–C–N with tert-alkyl or cyclic N) is 1. The quantitative estimate of drug-likeness (QED) is 0.329. The molecule has 2 aliphatic heterocycles. The fraction of sp³-hybridized carbons (Fsp3) is 0.765. The zero-order valence-electron chi connectivity index (χ0n) is 27.9. The van der Waals surface area contributed by atoms with Crippen LogP contribution in [0.5, 0.6) is 0 Å². The first kappa shape index (κ1) is 35.6. The summed E-state index contributed by atoms with van der Waals surface area (Å²) in [7, 11) is -3.34. The maximum atomic E-state index is 13.7. The van der Waals surface area contributed by atoms with Crippen molar-refractivity contribution in [2.24, 2.45) is 5.92 Å². The molecule has 254 valence electrons. The van der Waals surface area contributed by atoms with Crippen LogP contribution in [0.2, 0.25) is 0 Å². The Morgan fingerprint density at radius 3 is 2.31 bits per heavy atom. The maximum absolute atomic E-state index is 13.7. The van der Waals surface area contributed by atoms with Crippen LogP contribution in [0.3, 0.4) is 0 Å². The lowest BCUT2D eigenvalue weighted by Crippen LogP contribution is -2.64. The molecule has 0 radical (unpaired) electrons. The van der Waals surface area contributed by atoms with E-state index in [0.29, 0.717) is 25.6 Å². The molecule has 0 aromatic heterocycles. The number of amides is 2. The number of aliphatic hydroxyl groups excluding tert-OH is 1. The number of sulfone groups is 1. The van der Waals surface area contributed by atoms with Crippen molar-refractivity contribution < 1.29 is 27.9 Å². The molecule has 45 heavy (non-hydrogen) atoms. The first-order valence-electron chi connectivity index (χ1n) is 16.9. The second-order valence-corrected chi connectivity index (χ2v) is 17.0. The Labute approximate surface area is 270 Å². The van der Waals surface area contributed by atoms with Gasteiger partial charge in [0.25, 0.3) is 0 Å². The van der Waals surface area contributed by atoms with E-state index in [2.05, 4.69) is 20.4 Å². The molecule has 3 N–H and O–H groups in total. The number of aliphatic hydroxyl groups is 1. The standard InChI is InChI=1S/C34H56N4O6S/c1-24(2)31-30(17-20-45(31,42)43)44-33(41)35-27(21-25-13-9-8-10-14-25)29(39)23-38-19-18-37(26-15-11-6-7-12-16-26)22-28(38)32(40)36-34(3,4)5/h8-10,13-14,24,26-31,39H,6-7,11-12,15-23H2,1-5H3,(H,35,41)(H,36,40)/t27-,28-,29+,30+,31+/m0/s1. The average molecular weight is 649 g/mol. The zero-order valence-corrected chi connectivity index (χ0v) is 28.7. The minimum absolute atomic E-state index is 0.00524. The molecule has 0 spiro atoms. The molecule has 4 rings (SSSR count). The second kappa shape index (κ2) is 15.6. The molecule has 2 amide bonds. The largest absolute Gasteiger partial charge is 0.445 e. The van der Waals surface area contributed by atoms with Gasteiger partial charge in [0.1, 0.15) is 17.4 Å². The molecule has 1 aromatic rings. The summed E-state index contributed by atoms with van der Waals surface area (Å²) in [6.07, 6.45) is 5.44. The van der Waals surface area contributed by atoms with Crippen molar-refractivity contribution in [3.8, 4) is 0 Å². The van der Waals surface area contributed by atoms with E-state index in [-0.39, 0.29) is 30.5 Å². The Bertz CT molecular complexity index is 1210. The van der Waals surface area contributed by atoms with Gasteiger partial charge in [-0.15, -0.1) is 0 Å². The van der Waals surface area contributed by atoms with Crippen molar-refractivity contribution in [3.05, 3.63) is 35.9 Å². The van der Waals surface area contributed by atoms with Gasteiger partial charge in [-0.25, -0.2) is 13.2 Å². The number of ether oxygens (including phenoxy) is 1. The van der Waals surface area contributed by atoms with E-state index in [1.807, 2.05) is 65.0 Å². The van der Waals surface area contributed by atoms with Gasteiger partial charge < -0.3 is 20.5 Å². The predicted molar refractivity (Wildman–Crippen MR) is 177 cm³/mol. The molecular formula is C34H56N4O6S. The number of hydrogen-bond donors (Lipinski definition) is 3. The van der Waals surface area contributed by atoms with Crippen LogP contribution in [0.25, 0.3) is 0 Å². The van der Waals surface area contributed by atoms with E-state index < -0.39 is 51.0 Å². The first-order valence-corrected chi connectivity index (χ1v) is 18.7. The summed E-state index contributed by atoms with van der Waals surface area (Å²) in [5.41, 5.74) is 0.542. The molecule has 2 saturated heterocycles. The van der Waals surface area contributed by atoms with Gasteiger partial charge in [0.2, 0.25) is 5.91 Å². The summed E-state index contributed by atoms with van der Waals surface area (Å²) in [5, 5.41) is 17.0. The van der Waals surface area contributed by atoms with Gasteiger partial charge in [-0.2, -0.15) is 0 Å². The van der Waals surface area contributed by atoms with Gasteiger partial charge in [-0.3, -0.25) is 14.6 Å². The molecule has 3 aliphatic rings. The third-order valence-electron chi connectivity index (χ3n) is 9.54. The molecule has 3 fully saturated rings. The van der Waals surface area contributed by atoms with Crippen LogP contribution in [0.1, 0.15) is 85.1 Å². The van der Waals surface area contributed by atoms with Crippen LogP contribution >= 0.6 is 0 Å². The molecule has 2 heterocycles. The highest BCUT2D eigenvalue weighted by molar-refractivity contribution is 7.92. The zero-order chi connectivity index (χ0) is 32.8. The van der Waals surface area contributed by atoms with Crippen LogP contribution < -0.4 is 10.6 Å². The van der Waals surface area contributed by atoms with Crippen molar-refractivity contribution in [3.63, 3.8) is 0 Å². The molecule has 1 saturated carbocycles. The summed E-state index contributed by atoms with van der Waals surface area (Å²) in [6, 6.07) is 8.95. The summed E-state index contributed by atoms with van der Waals surface area (Å²) < 4.78 is 30.9. The molecule has 1 aromatic carbocycles. The van der Waals surface area contributed by atoms with Gasteiger partial charge in [0, 0.05) is 37.8 Å². The highest BCUT2D eigenvalue weighted by atomic mass is 32.2. The van der Waals surface area contributed by atoms with E-state index >= 15 is 0 Å². The lowest BCUT2D eigenvalue weighted by molar-refractivity contribution is -0.132. The fourth-order valence-electron chi connectivity index (χ4n) is 7.34. The Morgan fingerprint density at radius 2 is 1.69 bits per heavy atom. The number of carbonyl (C=O) groups excluding carboxylic acids is 2. The summed E-state index contributed by atoms with van der Waals surface area (Å²) in [5.74, 6) is -0.245. The number of hydrogen-bond acceptors (Lipinski definition) is 8. The van der Waals surface area contributed by atoms with Crippen LogP contribution in [0.4, 0.5) is 4.79 Å². The minimum atomic E-state index is -3.34. The summed E-state index contributed by atoms with van der Waals surface area (Å²) in [4.78, 5) is 31.4. The van der Waals surface area contributed by atoms with Gasteiger partial charge in [0.15, 0.2) is 9.84 Å². The first-order chi connectivity index (χ1) is 21.2. The van der Waals surface area contributed by atoms with E-state index in [0.717, 1.165) is 24.9 Å². The smallest absolute Gasteiger partial charge is 0.407 e. The summed E-state index contributed by atoms with van der Waals surface area (Å²) in [6.45, 7) is 11.8. The minimum Gasteiger partial charge on any atom is -0.445 e. The Kier molecular flexibility index (Phi) is 12.3. The van der Waals surface area contributed by atoms with E-state index in [4.69, 9.17) is 4.74 Å². The number of piperazine rings is 1. The molecule has 11 heteroatoms. The Morgan fingerprint density at radius 1 is 1.02 bits per heavy atom. The number of benzene rings is 1. The monoisotopic (exact) mass is 648 g/mol. The second-order valence-electron chi connectivity index (χ2n) is 14.7. The number of nitrogens with zero attached hydrogens (tertiary/aromatic N) is 2. The van der Waals surface area contributed by atoms with Crippen LogP contribution in [-0.2, 0) is 25.8 Å². The fourth-order valence-corrected chi connectivity index (χ4v) is 9.66. The van der Waals surface area contributed by atoms with Gasteiger partial charge in [-0.1, -0.05) is 69.9 Å². The maximum Gasteiger partial charge on any atom is 0.407 e. The predicted octanol–water partition coefficient (Wildman–Crippen LogP) is 3.52. The van der Waals surface area contributed by atoms with Crippen LogP contribution in [0.15, 0.2) is 30.3 Å². The third-order valence-corrected chi connectivity index (χ3v) is 12.0. The SMILES string of the molecule is CC(C)[C@@H]1[C@H](OC(=O)N[C@@H](Cc2ccccc2)[C@H](O)CN2CCN(C3CCCCCC3)C[C@H]2C(=O)NC(C)(C)C)CCS1(=O)=O. The molecule has 1 aliphatic carbocycles. The number of rotatable bonds is 10. The highest BCUT2D eigenvalue weighted by Gasteiger charge is 2.45.